The van der Waals surface area contributed by atoms with Gasteiger partial charge < -0.3 is 21.1 Å². The van der Waals surface area contributed by atoms with E-state index in [0.717, 1.165) is 0 Å². The number of ether oxygens (including phenoxy) is 1. The normalized spacial score (nSPS) is 20.7. The zero-order valence-electron chi connectivity index (χ0n) is 14.7. The Balaban J connectivity index is 1.80. The lowest BCUT2D eigenvalue weighted by Crippen LogP contribution is -2.62. The molecule has 4 N–H and O–H groups in total. The van der Waals surface area contributed by atoms with Crippen molar-refractivity contribution in [2.24, 2.45) is 21.5 Å². The molecule has 2 aliphatic rings. The van der Waals surface area contributed by atoms with E-state index in [9.17, 15) is 8.42 Å². The van der Waals surface area contributed by atoms with Crippen molar-refractivity contribution in [3.8, 4) is 0 Å². The lowest BCUT2D eigenvalue weighted by Gasteiger charge is -2.47. The van der Waals surface area contributed by atoms with Crippen LogP contribution in [-0.4, -0.2) is 68.6 Å². The van der Waals surface area contributed by atoms with Gasteiger partial charge in [0.25, 0.3) is 0 Å². The predicted octanol–water partition coefficient (Wildman–Crippen LogP) is -0.241. The molecule has 0 radical (unpaired) electrons. The van der Waals surface area contributed by atoms with Crippen molar-refractivity contribution < 1.29 is 13.2 Å². The molecule has 1 aromatic rings. The Bertz CT molecular complexity index is 801. The number of hydrogen-bond acceptors (Lipinski definition) is 8. The number of aliphatic imine (C=N–C) groups is 2. The Hall–Kier alpha value is -2.17. The van der Waals surface area contributed by atoms with Crippen LogP contribution < -0.4 is 11.5 Å². The third-order valence-electron chi connectivity index (χ3n) is 4.75. The third-order valence-corrected chi connectivity index (χ3v) is 6.67. The molecule has 142 valence electrons. The van der Waals surface area contributed by atoms with Gasteiger partial charge in [0.2, 0.25) is 21.9 Å². The predicted molar refractivity (Wildman–Crippen MR) is 99.0 cm³/mol. The number of sulfonamides is 1. The maximum absolute atomic E-state index is 12.8. The first-order valence-corrected chi connectivity index (χ1v) is 9.84. The highest BCUT2D eigenvalue weighted by atomic mass is 32.2. The van der Waals surface area contributed by atoms with Gasteiger partial charge in [0, 0.05) is 39.6 Å². The minimum Gasteiger partial charge on any atom is -0.383 e. The number of methoxy groups -OCH3 is 1. The summed E-state index contributed by atoms with van der Waals surface area (Å²) in [6.45, 7) is 1.61. The van der Waals surface area contributed by atoms with E-state index < -0.39 is 15.7 Å². The molecule has 1 saturated heterocycles. The highest BCUT2D eigenvalue weighted by molar-refractivity contribution is 7.89. The van der Waals surface area contributed by atoms with E-state index in [4.69, 9.17) is 16.2 Å². The van der Waals surface area contributed by atoms with E-state index in [-0.39, 0.29) is 11.9 Å². The molecule has 2 aliphatic heterocycles. The number of benzene rings is 1. The van der Waals surface area contributed by atoms with Gasteiger partial charge in [-0.1, -0.05) is 18.2 Å². The minimum atomic E-state index is -3.53. The van der Waals surface area contributed by atoms with Crippen LogP contribution in [0.15, 0.2) is 45.2 Å². The van der Waals surface area contributed by atoms with Crippen molar-refractivity contribution in [3.05, 3.63) is 30.3 Å². The van der Waals surface area contributed by atoms with Gasteiger partial charge >= 0.3 is 0 Å². The Morgan fingerprint density at radius 1 is 1.19 bits per heavy atom. The summed E-state index contributed by atoms with van der Waals surface area (Å²) >= 11 is 0. The van der Waals surface area contributed by atoms with E-state index in [1.807, 2.05) is 4.90 Å². The first-order chi connectivity index (χ1) is 12.4. The van der Waals surface area contributed by atoms with Crippen molar-refractivity contribution in [1.82, 2.24) is 9.21 Å². The molecule has 0 atom stereocenters. The fourth-order valence-corrected chi connectivity index (χ4v) is 4.87. The zero-order valence-corrected chi connectivity index (χ0v) is 15.5. The Labute approximate surface area is 153 Å². The summed E-state index contributed by atoms with van der Waals surface area (Å²) in [5.41, 5.74) is 11.2. The maximum atomic E-state index is 12.8. The van der Waals surface area contributed by atoms with Gasteiger partial charge in [-0.05, 0) is 12.1 Å². The standard InChI is InChI=1S/C16H24N6O3S/c1-25-12-11-22-15(18)19-14(17)20-16(22)7-9-21(10-8-16)26(23,24)13-5-3-2-4-6-13/h2-6H,7-12H2,1H3,(H4,17,18,19,20). The molecule has 0 bridgehead atoms. The first kappa shape index (κ1) is 18.6. The molecule has 26 heavy (non-hydrogen) atoms. The van der Waals surface area contributed by atoms with Crippen molar-refractivity contribution >= 4 is 21.9 Å². The topological polar surface area (TPSA) is 127 Å². The highest BCUT2D eigenvalue weighted by Crippen LogP contribution is 2.34. The molecule has 0 aromatic heterocycles. The van der Waals surface area contributed by atoms with Crippen LogP contribution >= 0.6 is 0 Å². The largest absolute Gasteiger partial charge is 0.383 e. The average molecular weight is 380 g/mol. The van der Waals surface area contributed by atoms with Crippen LogP contribution in [0.4, 0.5) is 0 Å². The Morgan fingerprint density at radius 2 is 1.85 bits per heavy atom. The van der Waals surface area contributed by atoms with E-state index in [1.165, 1.54) is 4.31 Å². The van der Waals surface area contributed by atoms with Crippen molar-refractivity contribution in [1.29, 1.82) is 0 Å². The van der Waals surface area contributed by atoms with E-state index >= 15 is 0 Å². The summed E-state index contributed by atoms with van der Waals surface area (Å²) in [4.78, 5) is 10.7. The smallest absolute Gasteiger partial charge is 0.243 e. The quantitative estimate of drug-likeness (QED) is 0.726. The number of nitrogens with two attached hydrogens (primary N) is 2. The second-order valence-corrected chi connectivity index (χ2v) is 8.22. The van der Waals surface area contributed by atoms with Crippen LogP contribution in [0.1, 0.15) is 12.8 Å². The van der Waals surface area contributed by atoms with Crippen LogP contribution in [0, 0.1) is 0 Å². The van der Waals surface area contributed by atoms with Crippen LogP contribution in [0.25, 0.3) is 0 Å². The summed E-state index contributed by atoms with van der Waals surface area (Å²) in [7, 11) is -1.92. The van der Waals surface area contributed by atoms with E-state index in [2.05, 4.69) is 9.98 Å². The van der Waals surface area contributed by atoms with Gasteiger partial charge in [-0.15, -0.1) is 0 Å². The molecule has 9 nitrogen and oxygen atoms in total. The zero-order chi connectivity index (χ0) is 18.8. The number of guanidine groups is 2. The SMILES string of the molecule is COCCN1C(N)=NC(N)=NC12CCN(S(=O)(=O)c1ccccc1)CC2. The molecule has 3 rings (SSSR count). The van der Waals surface area contributed by atoms with Gasteiger partial charge in [-0.25, -0.2) is 13.4 Å². The molecule has 1 spiro atoms. The summed E-state index contributed by atoms with van der Waals surface area (Å²) in [5, 5.41) is 0. The van der Waals surface area contributed by atoms with Gasteiger partial charge in [-0.2, -0.15) is 9.30 Å². The number of hydrogen-bond donors (Lipinski definition) is 2. The molecule has 1 aromatic carbocycles. The molecule has 0 unspecified atom stereocenters. The fraction of sp³-hybridized carbons (Fsp3) is 0.500. The third kappa shape index (κ3) is 3.39. The number of rotatable bonds is 5. The lowest BCUT2D eigenvalue weighted by atomic mass is 9.96. The van der Waals surface area contributed by atoms with Crippen LogP contribution in [0.2, 0.25) is 0 Å². The van der Waals surface area contributed by atoms with Crippen molar-refractivity contribution in [3.63, 3.8) is 0 Å². The lowest BCUT2D eigenvalue weighted by molar-refractivity contribution is 0.0755. The molecule has 2 heterocycles. The summed E-state index contributed by atoms with van der Waals surface area (Å²) < 4.78 is 32.3. The first-order valence-electron chi connectivity index (χ1n) is 8.40. The maximum Gasteiger partial charge on any atom is 0.243 e. The molecule has 10 heteroatoms. The molecule has 1 fully saturated rings. The van der Waals surface area contributed by atoms with Crippen molar-refractivity contribution in [2.45, 2.75) is 23.4 Å². The van der Waals surface area contributed by atoms with Crippen LogP contribution in [-0.2, 0) is 14.8 Å². The second kappa shape index (κ2) is 7.22. The molecular formula is C16H24N6O3S. The van der Waals surface area contributed by atoms with Gasteiger partial charge in [-0.3, -0.25) is 0 Å². The summed E-state index contributed by atoms with van der Waals surface area (Å²) in [6, 6.07) is 8.43. The van der Waals surface area contributed by atoms with Crippen molar-refractivity contribution in [2.75, 3.05) is 33.4 Å². The van der Waals surface area contributed by atoms with Gasteiger partial charge in [0.1, 0.15) is 5.66 Å². The van der Waals surface area contributed by atoms with E-state index in [1.54, 1.807) is 37.4 Å². The second-order valence-electron chi connectivity index (χ2n) is 6.28. The highest BCUT2D eigenvalue weighted by Gasteiger charge is 2.45. The molecule has 0 amide bonds. The molecule has 0 saturated carbocycles. The number of piperidine rings is 1. The fourth-order valence-electron chi connectivity index (χ4n) is 3.40. The van der Waals surface area contributed by atoms with Crippen LogP contribution in [0.3, 0.4) is 0 Å². The van der Waals surface area contributed by atoms with Gasteiger partial charge in [0.05, 0.1) is 11.5 Å². The van der Waals surface area contributed by atoms with E-state index in [0.29, 0.717) is 44.0 Å². The van der Waals surface area contributed by atoms with Crippen LogP contribution in [0.5, 0.6) is 0 Å². The minimum absolute atomic E-state index is 0.121. The monoisotopic (exact) mass is 380 g/mol. The summed E-state index contributed by atoms with van der Waals surface area (Å²) in [6.07, 6.45) is 0.944. The molecular weight excluding hydrogens is 356 g/mol. The molecule has 0 aliphatic carbocycles. The summed E-state index contributed by atoms with van der Waals surface area (Å²) in [5.74, 6) is 0.407. The Morgan fingerprint density at radius 3 is 2.46 bits per heavy atom. The number of nitrogens with zero attached hydrogens (tertiary/aromatic N) is 4. The Kier molecular flexibility index (Phi) is 5.17. The average Bonchev–Trinajstić information content (AvgIpc) is 2.62. The van der Waals surface area contributed by atoms with Gasteiger partial charge in [0.15, 0.2) is 0 Å².